The van der Waals surface area contributed by atoms with Crippen LogP contribution in [0.1, 0.15) is 32.8 Å². The maximum absolute atomic E-state index is 11.5. The Balaban J connectivity index is 2.06. The lowest BCUT2D eigenvalue weighted by molar-refractivity contribution is -0.121. The van der Waals surface area contributed by atoms with Crippen LogP contribution in [0.2, 0.25) is 0 Å². The van der Waals surface area contributed by atoms with E-state index in [1.165, 1.54) is 11.8 Å². The molecule has 98 valence electrons. The Morgan fingerprint density at radius 3 is 2.44 bits per heavy atom. The molecule has 1 aromatic rings. The number of rotatable bonds is 3. The van der Waals surface area contributed by atoms with Crippen molar-refractivity contribution in [3.8, 4) is 0 Å². The van der Waals surface area contributed by atoms with Crippen LogP contribution in [0.15, 0.2) is 30.3 Å². The minimum atomic E-state index is -0.179. The molecule has 2 heteroatoms. The number of hydrogen-bond donors (Lipinski definition) is 0. The van der Waals surface area contributed by atoms with Gasteiger partial charge in [-0.05, 0) is 23.9 Å². The molecule has 1 atom stereocenters. The second kappa shape index (κ2) is 4.85. The summed E-state index contributed by atoms with van der Waals surface area (Å²) in [5.41, 5.74) is 1.19. The van der Waals surface area contributed by atoms with Crippen molar-refractivity contribution < 1.29 is 4.79 Å². The molecule has 1 heterocycles. The lowest BCUT2D eigenvalue weighted by atomic mass is 9.67. The van der Waals surface area contributed by atoms with Crippen LogP contribution in [-0.4, -0.2) is 24.3 Å². The molecule has 1 aliphatic rings. The second-order valence-electron chi connectivity index (χ2n) is 6.47. The number of benzene rings is 1. The highest BCUT2D eigenvalue weighted by atomic mass is 16.1. The van der Waals surface area contributed by atoms with Gasteiger partial charge < -0.3 is 4.79 Å². The first-order chi connectivity index (χ1) is 8.47. The van der Waals surface area contributed by atoms with Crippen LogP contribution in [0.3, 0.4) is 0 Å². The first-order valence-corrected chi connectivity index (χ1v) is 6.69. The lowest BCUT2D eigenvalue weighted by Crippen LogP contribution is -2.39. The number of nitrogens with zero attached hydrogens (tertiary/aromatic N) is 1. The van der Waals surface area contributed by atoms with Gasteiger partial charge in [0.15, 0.2) is 0 Å². The number of aldehydes is 1. The first-order valence-electron chi connectivity index (χ1n) is 6.69. The van der Waals surface area contributed by atoms with Gasteiger partial charge >= 0.3 is 0 Å². The van der Waals surface area contributed by atoms with Crippen molar-refractivity contribution in [2.45, 2.75) is 33.7 Å². The van der Waals surface area contributed by atoms with Crippen LogP contribution in [0.25, 0.3) is 0 Å². The molecule has 1 fully saturated rings. The van der Waals surface area contributed by atoms with E-state index in [1.807, 2.05) is 6.07 Å². The molecule has 1 saturated heterocycles. The Bertz CT molecular complexity index is 407. The van der Waals surface area contributed by atoms with Gasteiger partial charge in [-0.1, -0.05) is 51.1 Å². The summed E-state index contributed by atoms with van der Waals surface area (Å²) in [5, 5.41) is 0. The average Bonchev–Trinajstić information content (AvgIpc) is 2.74. The molecule has 0 aliphatic carbocycles. The van der Waals surface area contributed by atoms with E-state index in [0.29, 0.717) is 0 Å². The van der Waals surface area contributed by atoms with E-state index in [1.54, 1.807) is 0 Å². The fourth-order valence-corrected chi connectivity index (χ4v) is 2.78. The molecule has 2 rings (SSSR count). The summed E-state index contributed by atoms with van der Waals surface area (Å²) >= 11 is 0. The first kappa shape index (κ1) is 13.3. The summed E-state index contributed by atoms with van der Waals surface area (Å²) < 4.78 is 0. The van der Waals surface area contributed by atoms with Crippen molar-refractivity contribution in [1.82, 2.24) is 4.90 Å². The zero-order chi connectivity index (χ0) is 13.2. The van der Waals surface area contributed by atoms with Gasteiger partial charge in [0.25, 0.3) is 0 Å². The van der Waals surface area contributed by atoms with Gasteiger partial charge in [-0.15, -0.1) is 0 Å². The van der Waals surface area contributed by atoms with Crippen LogP contribution in [0.5, 0.6) is 0 Å². The Hall–Kier alpha value is -1.15. The Labute approximate surface area is 110 Å². The van der Waals surface area contributed by atoms with Crippen LogP contribution in [-0.2, 0) is 11.3 Å². The summed E-state index contributed by atoms with van der Waals surface area (Å²) in [5.74, 6) is 0. The van der Waals surface area contributed by atoms with E-state index in [2.05, 4.69) is 49.9 Å². The molecule has 0 saturated carbocycles. The molecule has 0 spiro atoms. The minimum Gasteiger partial charge on any atom is -0.303 e. The zero-order valence-corrected chi connectivity index (χ0v) is 11.6. The largest absolute Gasteiger partial charge is 0.303 e. The summed E-state index contributed by atoms with van der Waals surface area (Å²) in [6.45, 7) is 9.38. The highest BCUT2D eigenvalue weighted by Gasteiger charge is 2.46. The minimum absolute atomic E-state index is 0.0419. The van der Waals surface area contributed by atoms with Crippen molar-refractivity contribution in [2.75, 3.05) is 13.1 Å². The molecular weight excluding hydrogens is 222 g/mol. The Morgan fingerprint density at radius 2 is 1.94 bits per heavy atom. The van der Waals surface area contributed by atoms with Crippen molar-refractivity contribution in [1.29, 1.82) is 0 Å². The molecule has 18 heavy (non-hydrogen) atoms. The Kier molecular flexibility index (Phi) is 3.58. The highest BCUT2D eigenvalue weighted by molar-refractivity contribution is 5.62. The molecule has 0 radical (unpaired) electrons. The quantitative estimate of drug-likeness (QED) is 0.763. The number of carbonyl (C=O) groups excluding carboxylic acids is 1. The predicted molar refractivity (Wildman–Crippen MR) is 74.3 cm³/mol. The standard InChI is InChI=1S/C16H23NO/c1-15(2,3)16(13-18)9-10-17(12-16)11-14-7-5-4-6-8-14/h4-8,13H,9-12H2,1-3H3/t16-/m1/s1. The molecule has 0 bridgehead atoms. The van der Waals surface area contributed by atoms with Crippen molar-refractivity contribution in [2.24, 2.45) is 10.8 Å². The van der Waals surface area contributed by atoms with Crippen LogP contribution in [0, 0.1) is 10.8 Å². The maximum Gasteiger partial charge on any atom is 0.127 e. The smallest absolute Gasteiger partial charge is 0.127 e. The number of hydrogen-bond acceptors (Lipinski definition) is 2. The van der Waals surface area contributed by atoms with Gasteiger partial charge in [0.2, 0.25) is 0 Å². The van der Waals surface area contributed by atoms with E-state index in [0.717, 1.165) is 26.1 Å². The third kappa shape index (κ3) is 2.49. The lowest BCUT2D eigenvalue weighted by Gasteiger charge is -2.37. The van der Waals surface area contributed by atoms with Gasteiger partial charge in [0.1, 0.15) is 6.29 Å². The number of likely N-dealkylation sites (tertiary alicyclic amines) is 1. The van der Waals surface area contributed by atoms with Gasteiger partial charge in [-0.3, -0.25) is 4.90 Å². The average molecular weight is 245 g/mol. The van der Waals surface area contributed by atoms with Crippen molar-refractivity contribution in [3.05, 3.63) is 35.9 Å². The molecule has 0 N–H and O–H groups in total. The van der Waals surface area contributed by atoms with E-state index in [-0.39, 0.29) is 10.8 Å². The SMILES string of the molecule is CC(C)(C)[C@]1(C=O)CCN(Cc2ccccc2)C1. The van der Waals surface area contributed by atoms with Crippen molar-refractivity contribution in [3.63, 3.8) is 0 Å². The third-order valence-electron chi connectivity index (χ3n) is 4.35. The van der Waals surface area contributed by atoms with Gasteiger partial charge in [-0.2, -0.15) is 0 Å². The molecular formula is C16H23NO. The summed E-state index contributed by atoms with van der Waals surface area (Å²) in [4.78, 5) is 13.9. The fourth-order valence-electron chi connectivity index (χ4n) is 2.78. The van der Waals surface area contributed by atoms with E-state index in [4.69, 9.17) is 0 Å². The zero-order valence-electron chi connectivity index (χ0n) is 11.6. The monoisotopic (exact) mass is 245 g/mol. The number of carbonyl (C=O) groups is 1. The van der Waals surface area contributed by atoms with Crippen LogP contribution >= 0.6 is 0 Å². The maximum atomic E-state index is 11.5. The molecule has 0 aromatic heterocycles. The van der Waals surface area contributed by atoms with E-state index >= 15 is 0 Å². The molecule has 1 aliphatic heterocycles. The fraction of sp³-hybridized carbons (Fsp3) is 0.562. The second-order valence-corrected chi connectivity index (χ2v) is 6.47. The highest BCUT2D eigenvalue weighted by Crippen LogP contribution is 2.44. The Morgan fingerprint density at radius 1 is 1.28 bits per heavy atom. The van der Waals surface area contributed by atoms with Gasteiger partial charge in [0, 0.05) is 18.5 Å². The third-order valence-corrected chi connectivity index (χ3v) is 4.35. The van der Waals surface area contributed by atoms with Crippen LogP contribution < -0.4 is 0 Å². The van der Waals surface area contributed by atoms with Crippen molar-refractivity contribution >= 4 is 6.29 Å². The molecule has 0 amide bonds. The topological polar surface area (TPSA) is 20.3 Å². The van der Waals surface area contributed by atoms with Gasteiger partial charge in [-0.25, -0.2) is 0 Å². The van der Waals surface area contributed by atoms with E-state index < -0.39 is 0 Å². The molecule has 1 aromatic carbocycles. The summed E-state index contributed by atoms with van der Waals surface area (Å²) in [7, 11) is 0. The predicted octanol–water partition coefficient (Wildman–Crippen LogP) is 3.12. The normalized spacial score (nSPS) is 25.3. The van der Waals surface area contributed by atoms with E-state index in [9.17, 15) is 4.79 Å². The summed E-state index contributed by atoms with van der Waals surface area (Å²) in [6.07, 6.45) is 2.17. The van der Waals surface area contributed by atoms with Crippen LogP contribution in [0.4, 0.5) is 0 Å². The van der Waals surface area contributed by atoms with Gasteiger partial charge in [0.05, 0.1) is 0 Å². The summed E-state index contributed by atoms with van der Waals surface area (Å²) in [6, 6.07) is 10.5. The molecule has 2 nitrogen and oxygen atoms in total. The molecule has 0 unspecified atom stereocenters.